The number of hydrogen-bond acceptors (Lipinski definition) is 2. The molecule has 0 aliphatic rings. The summed E-state index contributed by atoms with van der Waals surface area (Å²) in [7, 11) is 3.37. The van der Waals surface area contributed by atoms with Crippen LogP contribution in [0.2, 0.25) is 0 Å². The summed E-state index contributed by atoms with van der Waals surface area (Å²) in [6.07, 6.45) is 0. The average molecular weight is 349 g/mol. The maximum Gasteiger partial charge on any atom is 0.127 e. The highest BCUT2D eigenvalue weighted by atomic mass is 79.9. The number of benzene rings is 2. The van der Waals surface area contributed by atoms with E-state index < -0.39 is 0 Å². The lowest BCUT2D eigenvalue weighted by Crippen LogP contribution is -2.04. The highest BCUT2D eigenvalue weighted by molar-refractivity contribution is 9.09. The summed E-state index contributed by atoms with van der Waals surface area (Å²) in [6.45, 7) is 6.41. The molecule has 0 spiro atoms. The summed E-state index contributed by atoms with van der Waals surface area (Å²) >= 11 is 3.84. The zero-order valence-corrected chi connectivity index (χ0v) is 14.7. The first-order valence-corrected chi connectivity index (χ1v) is 7.83. The summed E-state index contributed by atoms with van der Waals surface area (Å²) in [5.41, 5.74) is 6.10. The fraction of sp³-hybridized carbons (Fsp3) is 0.333. The van der Waals surface area contributed by atoms with Crippen molar-refractivity contribution >= 4 is 15.9 Å². The fourth-order valence-electron chi connectivity index (χ4n) is 2.86. The lowest BCUT2D eigenvalue weighted by atomic mass is 9.93. The van der Waals surface area contributed by atoms with Crippen LogP contribution in [0.1, 0.15) is 32.6 Å². The van der Waals surface area contributed by atoms with Crippen LogP contribution in [0, 0.1) is 20.8 Å². The average Bonchev–Trinajstić information content (AvgIpc) is 2.44. The van der Waals surface area contributed by atoms with E-state index in [9.17, 15) is 0 Å². The highest BCUT2D eigenvalue weighted by Gasteiger charge is 2.23. The van der Waals surface area contributed by atoms with Crippen molar-refractivity contribution in [2.24, 2.45) is 0 Å². The third-order valence-electron chi connectivity index (χ3n) is 3.71. The first-order valence-electron chi connectivity index (χ1n) is 6.92. The molecule has 21 heavy (non-hydrogen) atoms. The molecule has 1 unspecified atom stereocenters. The van der Waals surface area contributed by atoms with Gasteiger partial charge < -0.3 is 9.47 Å². The van der Waals surface area contributed by atoms with Crippen LogP contribution in [-0.2, 0) is 0 Å². The molecule has 0 amide bonds. The third kappa shape index (κ3) is 3.08. The van der Waals surface area contributed by atoms with Gasteiger partial charge in [0.2, 0.25) is 0 Å². The van der Waals surface area contributed by atoms with Gasteiger partial charge in [0, 0.05) is 0 Å². The molecule has 112 valence electrons. The normalized spacial score (nSPS) is 12.1. The molecule has 0 bridgehead atoms. The van der Waals surface area contributed by atoms with Crippen LogP contribution in [-0.4, -0.2) is 14.2 Å². The number of halogens is 1. The molecule has 0 saturated carbocycles. The summed E-state index contributed by atoms with van der Waals surface area (Å²) < 4.78 is 11.0. The Bertz CT molecular complexity index is 604. The topological polar surface area (TPSA) is 18.5 Å². The highest BCUT2D eigenvalue weighted by Crippen LogP contribution is 2.44. The predicted octanol–water partition coefficient (Wildman–Crippen LogP) is 5.11. The summed E-state index contributed by atoms with van der Waals surface area (Å²) in [5.74, 6) is 1.66. The van der Waals surface area contributed by atoms with Crippen LogP contribution in [0.4, 0.5) is 0 Å². The van der Waals surface area contributed by atoms with Crippen molar-refractivity contribution in [3.63, 3.8) is 0 Å². The lowest BCUT2D eigenvalue weighted by molar-refractivity contribution is 0.386. The van der Waals surface area contributed by atoms with Gasteiger partial charge in [-0.2, -0.15) is 0 Å². The Kier molecular flexibility index (Phi) is 4.94. The van der Waals surface area contributed by atoms with E-state index in [1.807, 2.05) is 18.2 Å². The zero-order chi connectivity index (χ0) is 15.6. The summed E-state index contributed by atoms with van der Waals surface area (Å²) in [5, 5.41) is 0. The minimum Gasteiger partial charge on any atom is -0.496 e. The number of aryl methyl sites for hydroxylation is 3. The molecule has 0 fully saturated rings. The molecule has 0 aromatic heterocycles. The smallest absolute Gasteiger partial charge is 0.127 e. The zero-order valence-electron chi connectivity index (χ0n) is 13.2. The number of alkyl halides is 1. The van der Waals surface area contributed by atoms with Crippen LogP contribution >= 0.6 is 15.9 Å². The lowest BCUT2D eigenvalue weighted by Gasteiger charge is -2.21. The van der Waals surface area contributed by atoms with E-state index in [1.165, 1.54) is 22.3 Å². The van der Waals surface area contributed by atoms with Gasteiger partial charge in [-0.15, -0.1) is 0 Å². The fourth-order valence-corrected chi connectivity index (χ4v) is 4.04. The van der Waals surface area contributed by atoms with Crippen molar-refractivity contribution in [1.82, 2.24) is 0 Å². The molecule has 0 heterocycles. The third-order valence-corrected chi connectivity index (χ3v) is 4.63. The number of ether oxygens (including phenoxy) is 2. The monoisotopic (exact) mass is 348 g/mol. The predicted molar refractivity (Wildman–Crippen MR) is 91.0 cm³/mol. The summed E-state index contributed by atoms with van der Waals surface area (Å²) in [4.78, 5) is 0.0317. The van der Waals surface area contributed by atoms with Gasteiger partial charge in [-0.05, 0) is 49.6 Å². The Hall–Kier alpha value is -1.48. The molecule has 0 saturated heterocycles. The van der Waals surface area contributed by atoms with E-state index in [4.69, 9.17) is 9.47 Å². The maximum absolute atomic E-state index is 5.52. The Morgan fingerprint density at radius 2 is 1.33 bits per heavy atom. The molecule has 2 aromatic carbocycles. The molecule has 2 rings (SSSR count). The molecule has 0 aliphatic heterocycles. The Morgan fingerprint density at radius 1 is 0.857 bits per heavy atom. The van der Waals surface area contributed by atoms with Gasteiger partial charge in [-0.3, -0.25) is 0 Å². The van der Waals surface area contributed by atoms with E-state index in [2.05, 4.69) is 48.8 Å². The van der Waals surface area contributed by atoms with Crippen LogP contribution in [0.25, 0.3) is 0 Å². The van der Waals surface area contributed by atoms with Crippen molar-refractivity contribution in [1.29, 1.82) is 0 Å². The molecular formula is C18H21BrO2. The van der Waals surface area contributed by atoms with Gasteiger partial charge in [-0.25, -0.2) is 0 Å². The van der Waals surface area contributed by atoms with Crippen molar-refractivity contribution in [2.45, 2.75) is 25.6 Å². The molecule has 0 aliphatic carbocycles. The van der Waals surface area contributed by atoms with Crippen LogP contribution in [0.15, 0.2) is 30.3 Å². The van der Waals surface area contributed by atoms with Crippen molar-refractivity contribution < 1.29 is 9.47 Å². The molecule has 1 atom stereocenters. The second kappa shape index (κ2) is 6.52. The molecule has 2 nitrogen and oxygen atoms in total. The molecule has 0 radical (unpaired) electrons. The molecular weight excluding hydrogens is 328 g/mol. The number of rotatable bonds is 4. The van der Waals surface area contributed by atoms with Gasteiger partial charge >= 0.3 is 0 Å². The molecule has 3 heteroatoms. The minimum atomic E-state index is 0.0317. The van der Waals surface area contributed by atoms with Gasteiger partial charge in [0.1, 0.15) is 11.5 Å². The quantitative estimate of drug-likeness (QED) is 0.714. The SMILES string of the molecule is COc1cccc(OC)c1C(Br)c1c(C)cc(C)cc1C. The summed E-state index contributed by atoms with van der Waals surface area (Å²) in [6, 6.07) is 10.3. The van der Waals surface area contributed by atoms with Crippen molar-refractivity contribution in [2.75, 3.05) is 14.2 Å². The Morgan fingerprint density at radius 3 is 1.76 bits per heavy atom. The first-order chi connectivity index (χ1) is 9.99. The van der Waals surface area contributed by atoms with Gasteiger partial charge in [0.05, 0.1) is 24.6 Å². The maximum atomic E-state index is 5.52. The van der Waals surface area contributed by atoms with Crippen LogP contribution < -0.4 is 9.47 Å². The second-order valence-electron chi connectivity index (χ2n) is 5.25. The Balaban J connectivity index is 2.62. The van der Waals surface area contributed by atoms with Crippen LogP contribution in [0.3, 0.4) is 0 Å². The Labute approximate surface area is 135 Å². The van der Waals surface area contributed by atoms with Crippen LogP contribution in [0.5, 0.6) is 11.5 Å². The van der Waals surface area contributed by atoms with Gasteiger partial charge in [-0.1, -0.05) is 39.7 Å². The largest absolute Gasteiger partial charge is 0.496 e. The second-order valence-corrected chi connectivity index (χ2v) is 6.17. The first kappa shape index (κ1) is 15.9. The molecule has 2 aromatic rings. The van der Waals surface area contributed by atoms with Crippen molar-refractivity contribution in [3.8, 4) is 11.5 Å². The number of methoxy groups -OCH3 is 2. The van der Waals surface area contributed by atoms with Gasteiger partial charge in [0.25, 0.3) is 0 Å². The van der Waals surface area contributed by atoms with Gasteiger partial charge in [0.15, 0.2) is 0 Å². The standard InChI is InChI=1S/C18H21BrO2/c1-11-9-12(2)16(13(3)10-11)18(19)17-14(20-4)7-6-8-15(17)21-5/h6-10,18H,1-5H3. The van der Waals surface area contributed by atoms with E-state index >= 15 is 0 Å². The molecule has 0 N–H and O–H groups in total. The number of hydrogen-bond donors (Lipinski definition) is 0. The van der Waals surface area contributed by atoms with E-state index in [-0.39, 0.29) is 4.83 Å². The minimum absolute atomic E-state index is 0.0317. The van der Waals surface area contributed by atoms with E-state index in [0.717, 1.165) is 17.1 Å². The van der Waals surface area contributed by atoms with E-state index in [0.29, 0.717) is 0 Å². The van der Waals surface area contributed by atoms with Crippen molar-refractivity contribution in [3.05, 3.63) is 58.1 Å². The van der Waals surface area contributed by atoms with E-state index in [1.54, 1.807) is 14.2 Å².